The molecule has 0 aromatic heterocycles. The van der Waals surface area contributed by atoms with Crippen molar-refractivity contribution in [3.63, 3.8) is 0 Å². The van der Waals surface area contributed by atoms with E-state index < -0.39 is 0 Å². The summed E-state index contributed by atoms with van der Waals surface area (Å²) in [5.74, 6) is 0. The van der Waals surface area contributed by atoms with E-state index in [9.17, 15) is 0 Å². The fourth-order valence-electron chi connectivity index (χ4n) is 0. The molecule has 0 atom stereocenters. The van der Waals surface area contributed by atoms with Crippen LogP contribution >= 0.6 is 0 Å². The van der Waals surface area contributed by atoms with Crippen molar-refractivity contribution in [1.29, 1.82) is 0 Å². The summed E-state index contributed by atoms with van der Waals surface area (Å²) in [6, 6.07) is 0. The average Bonchev–Trinajstić information content (AvgIpc) is 0.918. The SMILES string of the molecule is C=C[SiH3].O.[MgH2]. The van der Waals surface area contributed by atoms with Gasteiger partial charge in [-0.25, -0.2) is 0 Å². The monoisotopic (exact) mass is 102 g/mol. The number of hydrogen-bond acceptors (Lipinski definition) is 0. The summed E-state index contributed by atoms with van der Waals surface area (Å²) < 4.78 is 0. The fourth-order valence-corrected chi connectivity index (χ4v) is 0. The van der Waals surface area contributed by atoms with E-state index in [1.54, 1.807) is 0 Å². The predicted octanol–water partition coefficient (Wildman–Crippen LogP) is -2.25. The predicted molar refractivity (Wildman–Crippen MR) is 32.3 cm³/mol. The van der Waals surface area contributed by atoms with Gasteiger partial charge in [0.2, 0.25) is 0 Å². The van der Waals surface area contributed by atoms with E-state index in [1.165, 1.54) is 0 Å². The summed E-state index contributed by atoms with van der Waals surface area (Å²) in [5, 5.41) is 0. The average molecular weight is 102 g/mol. The van der Waals surface area contributed by atoms with Crippen molar-refractivity contribution >= 4 is 33.3 Å². The normalized spacial score (nSPS) is 3.20. The van der Waals surface area contributed by atoms with Gasteiger partial charge in [-0.3, -0.25) is 0 Å². The summed E-state index contributed by atoms with van der Waals surface area (Å²) in [5.41, 5.74) is 1.89. The van der Waals surface area contributed by atoms with Crippen LogP contribution in [0.25, 0.3) is 0 Å². The molecular formula is C2H10MgOSi. The molecule has 0 rings (SSSR count). The summed E-state index contributed by atoms with van der Waals surface area (Å²) in [4.78, 5) is 0. The van der Waals surface area contributed by atoms with Crippen LogP contribution in [0.2, 0.25) is 0 Å². The van der Waals surface area contributed by atoms with Gasteiger partial charge in [0.05, 0.1) is 0 Å². The van der Waals surface area contributed by atoms with E-state index in [-0.39, 0.29) is 28.5 Å². The van der Waals surface area contributed by atoms with Gasteiger partial charge in [-0.05, 0) is 0 Å². The van der Waals surface area contributed by atoms with Gasteiger partial charge < -0.3 is 5.48 Å². The largest absolute Gasteiger partial charge is 0.412 e. The highest BCUT2D eigenvalue weighted by atomic mass is 28.1. The first-order valence-electron chi connectivity index (χ1n) is 0.986. The van der Waals surface area contributed by atoms with Crippen LogP contribution in [0.4, 0.5) is 0 Å². The first-order valence-corrected chi connectivity index (χ1v) is 2.14. The van der Waals surface area contributed by atoms with Gasteiger partial charge in [-0.1, -0.05) is 0 Å². The topological polar surface area (TPSA) is 31.5 Å². The third kappa shape index (κ3) is 72.2. The molecule has 1 nitrogen and oxygen atoms in total. The zero-order chi connectivity index (χ0) is 2.71. The van der Waals surface area contributed by atoms with Gasteiger partial charge in [0.1, 0.15) is 0 Å². The Morgan fingerprint density at radius 3 is 1.60 bits per heavy atom. The second-order valence-electron chi connectivity index (χ2n) is 0.408. The Hall–Kier alpha value is 0.683. The van der Waals surface area contributed by atoms with E-state index in [0.717, 1.165) is 10.2 Å². The van der Waals surface area contributed by atoms with E-state index >= 15 is 0 Å². The molecule has 0 amide bonds. The summed E-state index contributed by atoms with van der Waals surface area (Å²) >= 11 is 0. The Kier molecular flexibility index (Phi) is 77.7. The first-order chi connectivity index (χ1) is 1.41. The van der Waals surface area contributed by atoms with Crippen LogP contribution in [0, 0.1) is 0 Å². The second-order valence-corrected chi connectivity index (χ2v) is 1.22. The van der Waals surface area contributed by atoms with Crippen molar-refractivity contribution in [2.45, 2.75) is 0 Å². The molecule has 0 aliphatic heterocycles. The second kappa shape index (κ2) is 22.4. The van der Waals surface area contributed by atoms with Crippen molar-refractivity contribution in [3.05, 3.63) is 12.3 Å². The molecule has 0 spiro atoms. The fraction of sp³-hybridized carbons (Fsp3) is 0. The molecule has 2 N–H and O–H groups in total. The lowest BCUT2D eigenvalue weighted by molar-refractivity contribution is 0.824. The van der Waals surface area contributed by atoms with Crippen LogP contribution in [0.3, 0.4) is 0 Å². The highest BCUT2D eigenvalue weighted by molar-refractivity contribution is 6.16. The Labute approximate surface area is 51.3 Å². The lowest BCUT2D eigenvalue weighted by atomic mass is 11.3. The van der Waals surface area contributed by atoms with Gasteiger partial charge in [-0.15, -0.1) is 12.3 Å². The van der Waals surface area contributed by atoms with Crippen molar-refractivity contribution in [1.82, 2.24) is 0 Å². The van der Waals surface area contributed by atoms with Crippen LogP contribution < -0.4 is 0 Å². The highest BCUT2D eigenvalue weighted by Gasteiger charge is 1.16. The maximum Gasteiger partial charge on any atom is 0.316 e. The molecule has 0 radical (unpaired) electrons. The molecule has 0 aromatic rings. The third-order valence-corrected chi connectivity index (χ3v) is 0. The smallest absolute Gasteiger partial charge is 0.316 e. The van der Waals surface area contributed by atoms with Crippen molar-refractivity contribution < 1.29 is 5.48 Å². The molecule has 0 heterocycles. The van der Waals surface area contributed by atoms with Crippen molar-refractivity contribution in [3.8, 4) is 0 Å². The summed E-state index contributed by atoms with van der Waals surface area (Å²) in [7, 11) is 1.13. The minimum Gasteiger partial charge on any atom is -0.412 e. The van der Waals surface area contributed by atoms with Crippen LogP contribution in [0.1, 0.15) is 0 Å². The van der Waals surface area contributed by atoms with Crippen LogP contribution in [-0.2, 0) is 0 Å². The molecule has 0 bridgehead atoms. The summed E-state index contributed by atoms with van der Waals surface area (Å²) in [6.07, 6.45) is 0. The van der Waals surface area contributed by atoms with Crippen molar-refractivity contribution in [2.75, 3.05) is 0 Å². The van der Waals surface area contributed by atoms with Gasteiger partial charge in [0, 0.05) is 10.2 Å². The zero-order valence-electron chi connectivity index (χ0n) is 2.78. The van der Waals surface area contributed by atoms with Crippen LogP contribution in [0.5, 0.6) is 0 Å². The molecule has 5 heavy (non-hydrogen) atoms. The van der Waals surface area contributed by atoms with E-state index in [2.05, 4.69) is 6.58 Å². The van der Waals surface area contributed by atoms with Gasteiger partial charge in [0.25, 0.3) is 0 Å². The molecule has 0 unspecified atom stereocenters. The van der Waals surface area contributed by atoms with Gasteiger partial charge >= 0.3 is 23.1 Å². The third-order valence-electron chi connectivity index (χ3n) is 0. The molecular weight excluding hydrogens is 92.4 g/mol. The minimum absolute atomic E-state index is 0. The standard InChI is InChI=1S/C2H6Si.Mg.H2O.2H/c1-2-3;;;;/h2H,1H2,3H3;;1H2;;. The Morgan fingerprint density at radius 2 is 1.60 bits per heavy atom. The maximum absolute atomic E-state index is 3.42. The quantitative estimate of drug-likeness (QED) is 0.310. The van der Waals surface area contributed by atoms with Crippen molar-refractivity contribution in [2.24, 2.45) is 0 Å². The zero-order valence-corrected chi connectivity index (χ0v) is 4.78. The molecule has 0 saturated heterocycles. The van der Waals surface area contributed by atoms with E-state index in [0.29, 0.717) is 0 Å². The Bertz CT molecular complexity index is 17.1. The molecule has 3 heteroatoms. The van der Waals surface area contributed by atoms with E-state index in [1.807, 2.05) is 5.70 Å². The maximum atomic E-state index is 3.42. The number of hydrogen-bond donors (Lipinski definition) is 0. The summed E-state index contributed by atoms with van der Waals surface area (Å²) in [6.45, 7) is 3.42. The van der Waals surface area contributed by atoms with Crippen LogP contribution in [0.15, 0.2) is 12.3 Å². The van der Waals surface area contributed by atoms with E-state index in [4.69, 9.17) is 0 Å². The lowest BCUT2D eigenvalue weighted by Crippen LogP contribution is -1.29. The Balaban J connectivity index is -0.0000000200. The van der Waals surface area contributed by atoms with Crippen LogP contribution in [-0.4, -0.2) is 38.8 Å². The molecule has 0 saturated carbocycles. The van der Waals surface area contributed by atoms with Gasteiger partial charge in [0.15, 0.2) is 0 Å². The molecule has 0 fully saturated rings. The number of rotatable bonds is 0. The molecule has 0 aromatic carbocycles. The first kappa shape index (κ1) is 17.3. The molecule has 30 valence electrons. The Morgan fingerprint density at radius 1 is 1.60 bits per heavy atom. The molecule has 0 aliphatic rings. The van der Waals surface area contributed by atoms with Gasteiger partial charge in [-0.2, -0.15) is 0 Å². The lowest BCUT2D eigenvalue weighted by Gasteiger charge is -1.29. The molecule has 0 aliphatic carbocycles. The highest BCUT2D eigenvalue weighted by Crippen LogP contribution is 1.24. The minimum atomic E-state index is 0.